The summed E-state index contributed by atoms with van der Waals surface area (Å²) in [7, 11) is 0. The molecular weight excluding hydrogens is 210 g/mol. The van der Waals surface area contributed by atoms with E-state index in [0.717, 1.165) is 31.6 Å². The SMILES string of the molecule is CC(C)CCOCCN[C@@H](C)C1CCCCC1. The minimum atomic E-state index is 0.670. The molecule has 0 spiro atoms. The smallest absolute Gasteiger partial charge is 0.0591 e. The van der Waals surface area contributed by atoms with Crippen LogP contribution in [-0.2, 0) is 4.74 Å². The molecule has 0 amide bonds. The van der Waals surface area contributed by atoms with Gasteiger partial charge >= 0.3 is 0 Å². The summed E-state index contributed by atoms with van der Waals surface area (Å²) in [6, 6.07) is 0.670. The molecule has 2 heteroatoms. The van der Waals surface area contributed by atoms with Crippen LogP contribution in [0.25, 0.3) is 0 Å². The van der Waals surface area contributed by atoms with E-state index in [1.54, 1.807) is 0 Å². The Labute approximate surface area is 108 Å². The third-order valence-electron chi connectivity index (χ3n) is 3.91. The largest absolute Gasteiger partial charge is 0.380 e. The molecule has 1 aliphatic rings. The standard InChI is InChI=1S/C15H31NO/c1-13(2)9-11-17-12-10-16-14(3)15-7-5-4-6-8-15/h13-16H,4-12H2,1-3H3/t14-/m0/s1. The lowest BCUT2D eigenvalue weighted by Gasteiger charge is -2.28. The van der Waals surface area contributed by atoms with Gasteiger partial charge in [-0.2, -0.15) is 0 Å². The van der Waals surface area contributed by atoms with Gasteiger partial charge in [0.15, 0.2) is 0 Å². The molecule has 1 rings (SSSR count). The van der Waals surface area contributed by atoms with Crippen LogP contribution in [-0.4, -0.2) is 25.8 Å². The summed E-state index contributed by atoms with van der Waals surface area (Å²) in [4.78, 5) is 0. The van der Waals surface area contributed by atoms with Gasteiger partial charge in [0.05, 0.1) is 6.61 Å². The van der Waals surface area contributed by atoms with E-state index in [9.17, 15) is 0 Å². The van der Waals surface area contributed by atoms with E-state index >= 15 is 0 Å². The van der Waals surface area contributed by atoms with E-state index < -0.39 is 0 Å². The number of hydrogen-bond donors (Lipinski definition) is 1. The Morgan fingerprint density at radius 1 is 1.06 bits per heavy atom. The first kappa shape index (κ1) is 15.0. The molecule has 0 radical (unpaired) electrons. The lowest BCUT2D eigenvalue weighted by atomic mass is 9.84. The Bertz CT molecular complexity index is 176. The lowest BCUT2D eigenvalue weighted by Crippen LogP contribution is -2.36. The van der Waals surface area contributed by atoms with E-state index in [-0.39, 0.29) is 0 Å². The van der Waals surface area contributed by atoms with Crippen molar-refractivity contribution in [2.24, 2.45) is 11.8 Å². The fraction of sp³-hybridized carbons (Fsp3) is 1.00. The minimum absolute atomic E-state index is 0.670. The number of ether oxygens (including phenoxy) is 1. The van der Waals surface area contributed by atoms with Crippen LogP contribution in [0.2, 0.25) is 0 Å². The molecule has 1 atom stereocenters. The third kappa shape index (κ3) is 7.05. The number of hydrogen-bond acceptors (Lipinski definition) is 2. The van der Waals surface area contributed by atoms with Gasteiger partial charge in [-0.3, -0.25) is 0 Å². The van der Waals surface area contributed by atoms with Crippen LogP contribution >= 0.6 is 0 Å². The highest BCUT2D eigenvalue weighted by Crippen LogP contribution is 2.26. The summed E-state index contributed by atoms with van der Waals surface area (Å²) >= 11 is 0. The molecule has 0 saturated heterocycles. The molecule has 0 aromatic rings. The lowest BCUT2D eigenvalue weighted by molar-refractivity contribution is 0.120. The van der Waals surface area contributed by atoms with Crippen molar-refractivity contribution in [3.8, 4) is 0 Å². The molecular formula is C15H31NO. The van der Waals surface area contributed by atoms with Crippen molar-refractivity contribution < 1.29 is 4.74 Å². The predicted molar refractivity (Wildman–Crippen MR) is 74.3 cm³/mol. The van der Waals surface area contributed by atoms with Crippen LogP contribution in [0, 0.1) is 11.8 Å². The van der Waals surface area contributed by atoms with Crippen LogP contribution in [0.3, 0.4) is 0 Å². The summed E-state index contributed by atoms with van der Waals surface area (Å²) in [6.45, 7) is 9.61. The molecule has 0 unspecified atom stereocenters. The Kier molecular flexibility index (Phi) is 7.87. The monoisotopic (exact) mass is 241 g/mol. The zero-order valence-corrected chi connectivity index (χ0v) is 12.0. The average Bonchev–Trinajstić information content (AvgIpc) is 2.34. The van der Waals surface area contributed by atoms with Gasteiger partial charge in [-0.05, 0) is 38.0 Å². The Balaban J connectivity index is 1.94. The summed E-state index contributed by atoms with van der Waals surface area (Å²) in [5.41, 5.74) is 0. The first-order valence-electron chi connectivity index (χ1n) is 7.51. The van der Waals surface area contributed by atoms with Crippen molar-refractivity contribution in [1.29, 1.82) is 0 Å². The van der Waals surface area contributed by atoms with Gasteiger partial charge in [0.25, 0.3) is 0 Å². The van der Waals surface area contributed by atoms with Crippen molar-refractivity contribution in [3.05, 3.63) is 0 Å². The van der Waals surface area contributed by atoms with Gasteiger partial charge in [-0.25, -0.2) is 0 Å². The van der Waals surface area contributed by atoms with Gasteiger partial charge in [0, 0.05) is 19.2 Å². The topological polar surface area (TPSA) is 21.3 Å². The second-order valence-corrected chi connectivity index (χ2v) is 5.94. The highest BCUT2D eigenvalue weighted by Gasteiger charge is 2.18. The van der Waals surface area contributed by atoms with Crippen molar-refractivity contribution in [1.82, 2.24) is 5.32 Å². The Hall–Kier alpha value is -0.0800. The summed E-state index contributed by atoms with van der Waals surface area (Å²) in [5, 5.41) is 3.62. The summed E-state index contributed by atoms with van der Waals surface area (Å²) < 4.78 is 5.62. The predicted octanol–water partition coefficient (Wildman–Crippen LogP) is 3.61. The van der Waals surface area contributed by atoms with E-state index in [1.807, 2.05) is 0 Å². The van der Waals surface area contributed by atoms with Gasteiger partial charge < -0.3 is 10.1 Å². The molecule has 102 valence electrons. The quantitative estimate of drug-likeness (QED) is 0.656. The highest BCUT2D eigenvalue weighted by atomic mass is 16.5. The molecule has 0 aliphatic heterocycles. The second-order valence-electron chi connectivity index (χ2n) is 5.94. The maximum Gasteiger partial charge on any atom is 0.0591 e. The Morgan fingerprint density at radius 3 is 2.41 bits per heavy atom. The van der Waals surface area contributed by atoms with Crippen LogP contribution in [0.15, 0.2) is 0 Å². The van der Waals surface area contributed by atoms with Crippen LogP contribution in [0.1, 0.15) is 59.3 Å². The molecule has 1 aliphatic carbocycles. The molecule has 0 aromatic heterocycles. The number of nitrogens with one attached hydrogen (secondary N) is 1. The van der Waals surface area contributed by atoms with Crippen molar-refractivity contribution in [3.63, 3.8) is 0 Å². The van der Waals surface area contributed by atoms with Gasteiger partial charge in [-0.1, -0.05) is 33.1 Å². The van der Waals surface area contributed by atoms with Gasteiger partial charge in [-0.15, -0.1) is 0 Å². The first-order chi connectivity index (χ1) is 8.20. The van der Waals surface area contributed by atoms with E-state index in [1.165, 1.54) is 38.5 Å². The fourth-order valence-electron chi connectivity index (χ4n) is 2.58. The molecule has 1 saturated carbocycles. The van der Waals surface area contributed by atoms with Gasteiger partial charge in [0.2, 0.25) is 0 Å². The molecule has 2 nitrogen and oxygen atoms in total. The van der Waals surface area contributed by atoms with E-state index in [2.05, 4.69) is 26.1 Å². The molecule has 0 aromatic carbocycles. The Morgan fingerprint density at radius 2 is 1.76 bits per heavy atom. The normalized spacial score (nSPS) is 19.8. The van der Waals surface area contributed by atoms with Crippen molar-refractivity contribution in [2.45, 2.75) is 65.3 Å². The van der Waals surface area contributed by atoms with Crippen molar-refractivity contribution in [2.75, 3.05) is 19.8 Å². The highest BCUT2D eigenvalue weighted by molar-refractivity contribution is 4.75. The fourth-order valence-corrected chi connectivity index (χ4v) is 2.58. The van der Waals surface area contributed by atoms with Crippen LogP contribution < -0.4 is 5.32 Å². The summed E-state index contributed by atoms with van der Waals surface area (Å²) in [5.74, 6) is 1.66. The maximum atomic E-state index is 5.62. The first-order valence-corrected chi connectivity index (χ1v) is 7.51. The zero-order chi connectivity index (χ0) is 12.5. The van der Waals surface area contributed by atoms with Crippen LogP contribution in [0.4, 0.5) is 0 Å². The zero-order valence-electron chi connectivity index (χ0n) is 12.0. The molecule has 0 heterocycles. The van der Waals surface area contributed by atoms with Crippen LogP contribution in [0.5, 0.6) is 0 Å². The molecule has 1 N–H and O–H groups in total. The molecule has 1 fully saturated rings. The second kappa shape index (κ2) is 8.93. The third-order valence-corrected chi connectivity index (χ3v) is 3.91. The molecule has 17 heavy (non-hydrogen) atoms. The minimum Gasteiger partial charge on any atom is -0.380 e. The van der Waals surface area contributed by atoms with E-state index in [4.69, 9.17) is 4.74 Å². The van der Waals surface area contributed by atoms with E-state index in [0.29, 0.717) is 6.04 Å². The van der Waals surface area contributed by atoms with Crippen molar-refractivity contribution >= 4 is 0 Å². The summed E-state index contributed by atoms with van der Waals surface area (Å²) in [6.07, 6.45) is 8.33. The average molecular weight is 241 g/mol. The molecule has 0 bridgehead atoms. The maximum absolute atomic E-state index is 5.62. The number of rotatable bonds is 8. The van der Waals surface area contributed by atoms with Gasteiger partial charge in [0.1, 0.15) is 0 Å².